The van der Waals surface area contributed by atoms with Crippen molar-refractivity contribution in [2.75, 3.05) is 81.9 Å². The number of carbonyl (C=O) groups excluding carboxylic acids is 3. The Morgan fingerprint density at radius 2 is 1.37 bits per heavy atom. The second-order valence-corrected chi connectivity index (χ2v) is 15.2. The van der Waals surface area contributed by atoms with Crippen molar-refractivity contribution < 1.29 is 66.2 Å². The van der Waals surface area contributed by atoms with Gasteiger partial charge in [0.1, 0.15) is 29.6 Å². The third kappa shape index (κ3) is 12.0. The lowest BCUT2D eigenvalue weighted by Gasteiger charge is -2.30. The van der Waals surface area contributed by atoms with Crippen LogP contribution >= 0.6 is 0 Å². The van der Waals surface area contributed by atoms with Gasteiger partial charge in [0.05, 0.1) is 17.5 Å². The molecule has 0 unspecified atom stereocenters. The molecular weight excluding hydrogens is 746 g/mol. The number of methoxy groups -OCH3 is 4. The first-order valence-corrected chi connectivity index (χ1v) is 18.1. The molecule has 1 aromatic heterocycles. The van der Waals surface area contributed by atoms with E-state index in [1.165, 1.54) is 40.6 Å². The smallest absolute Gasteiger partial charge is 0.343 e. The van der Waals surface area contributed by atoms with Gasteiger partial charge in [-0.15, -0.1) is 0 Å². The van der Waals surface area contributed by atoms with Gasteiger partial charge in [-0.3, -0.25) is 19.3 Å². The lowest BCUT2D eigenvalue weighted by atomic mass is 9.86. The van der Waals surface area contributed by atoms with Crippen molar-refractivity contribution in [3.8, 4) is 23.0 Å². The van der Waals surface area contributed by atoms with Gasteiger partial charge in [0.2, 0.25) is 5.43 Å². The topological polar surface area (TPSA) is 177 Å². The van der Waals surface area contributed by atoms with Crippen LogP contribution in [0.1, 0.15) is 73.4 Å². The summed E-state index contributed by atoms with van der Waals surface area (Å²) in [7, 11) is 5.72. The van der Waals surface area contributed by atoms with Crippen LogP contribution in [0.2, 0.25) is 0 Å². The first-order chi connectivity index (χ1) is 27.0. The van der Waals surface area contributed by atoms with Crippen molar-refractivity contribution in [3.63, 3.8) is 0 Å². The maximum Gasteiger partial charge on any atom is 0.343 e. The fourth-order valence-electron chi connectivity index (χ4n) is 6.03. The number of carbonyl (C=O) groups is 3. The fourth-order valence-corrected chi connectivity index (χ4v) is 6.03. The Hall–Kier alpha value is -5.00. The number of fused-ring (bicyclic) bond motifs is 2. The third-order valence-electron chi connectivity index (χ3n) is 8.09. The summed E-state index contributed by atoms with van der Waals surface area (Å²) in [6.45, 7) is 11.1. The Morgan fingerprint density at radius 3 is 1.96 bits per heavy atom. The van der Waals surface area contributed by atoms with Crippen LogP contribution in [0.4, 0.5) is 0 Å². The van der Waals surface area contributed by atoms with E-state index in [9.17, 15) is 19.2 Å². The molecule has 0 radical (unpaired) electrons. The van der Waals surface area contributed by atoms with E-state index in [-0.39, 0.29) is 109 Å². The number of Topliss-reactive ketones (excluding diaryl/α,β-unsaturated/α-hetero) is 1. The van der Waals surface area contributed by atoms with E-state index in [1.807, 2.05) is 25.7 Å². The number of rotatable bonds is 20. The van der Waals surface area contributed by atoms with E-state index in [1.54, 1.807) is 32.9 Å². The molecule has 4 rings (SSSR count). The Balaban J connectivity index is 1.78. The second kappa shape index (κ2) is 19.9. The number of allylic oxidation sites excluding steroid dienone is 2. The minimum absolute atomic E-state index is 0.000468. The Labute approximate surface area is 331 Å². The fraction of sp³-hybridized carbons (Fsp3) is 0.512. The quantitative estimate of drug-likeness (QED) is 0.105. The van der Waals surface area contributed by atoms with Crippen molar-refractivity contribution in [2.24, 2.45) is 5.41 Å². The number of ketones is 1. The Kier molecular flexibility index (Phi) is 15.6. The van der Waals surface area contributed by atoms with Gasteiger partial charge in [-0.2, -0.15) is 0 Å². The molecule has 1 aliphatic rings. The van der Waals surface area contributed by atoms with Crippen molar-refractivity contribution in [2.45, 2.75) is 53.6 Å². The summed E-state index contributed by atoms with van der Waals surface area (Å²) >= 11 is 0. The molecule has 0 spiro atoms. The zero-order chi connectivity index (χ0) is 41.9. The van der Waals surface area contributed by atoms with Gasteiger partial charge in [-0.25, -0.2) is 4.79 Å². The van der Waals surface area contributed by atoms with Gasteiger partial charge >= 0.3 is 11.9 Å². The second-order valence-electron chi connectivity index (χ2n) is 15.2. The molecule has 3 aromatic rings. The molecule has 0 atom stereocenters. The molecule has 1 heterocycles. The minimum atomic E-state index is -0.954. The van der Waals surface area contributed by atoms with Crippen LogP contribution in [0.15, 0.2) is 39.7 Å². The highest BCUT2D eigenvalue weighted by atomic mass is 16.7. The molecule has 0 saturated heterocycles. The van der Waals surface area contributed by atoms with Gasteiger partial charge in [0.25, 0.3) is 0 Å². The summed E-state index contributed by atoms with van der Waals surface area (Å²) in [6.07, 6.45) is 3.00. The number of esters is 2. The third-order valence-corrected chi connectivity index (χ3v) is 8.09. The van der Waals surface area contributed by atoms with E-state index < -0.39 is 28.8 Å². The SMILES string of the molecule is COCOc1cc2c(cc1OCOC)C(=O)C(c1coc3cc(OCOC)c(OCOC)c(C(=O)OCCN(CC(=O)OC(C)(C)C)CC(C)(C)C)c3c1=O)=CC2. The largest absolute Gasteiger partial charge is 0.464 e. The molecule has 0 bridgehead atoms. The maximum absolute atomic E-state index is 14.6. The van der Waals surface area contributed by atoms with Crippen LogP contribution in [0.3, 0.4) is 0 Å². The van der Waals surface area contributed by atoms with Crippen LogP contribution in [-0.4, -0.2) is 110 Å². The average molecular weight is 800 g/mol. The van der Waals surface area contributed by atoms with E-state index in [2.05, 4.69) is 0 Å². The molecule has 312 valence electrons. The van der Waals surface area contributed by atoms with E-state index >= 15 is 0 Å². The molecule has 16 heteroatoms. The minimum Gasteiger partial charge on any atom is -0.464 e. The molecule has 0 N–H and O–H groups in total. The number of hydrogen-bond acceptors (Lipinski definition) is 16. The summed E-state index contributed by atoms with van der Waals surface area (Å²) in [5.74, 6) is -1.48. The van der Waals surface area contributed by atoms with Gasteiger partial charge in [-0.05, 0) is 50.3 Å². The molecule has 0 saturated carbocycles. The number of nitrogens with zero attached hydrogens (tertiary/aromatic N) is 1. The summed E-state index contributed by atoms with van der Waals surface area (Å²) in [5.41, 5.74) is -1.15. The molecule has 0 fully saturated rings. The Bertz CT molecular complexity index is 1990. The molecule has 2 aromatic carbocycles. The predicted octanol–water partition coefficient (Wildman–Crippen LogP) is 5.39. The van der Waals surface area contributed by atoms with E-state index in [0.29, 0.717) is 17.9 Å². The summed E-state index contributed by atoms with van der Waals surface area (Å²) in [6, 6.07) is 4.56. The monoisotopic (exact) mass is 799 g/mol. The van der Waals surface area contributed by atoms with Crippen LogP contribution in [0.5, 0.6) is 23.0 Å². The van der Waals surface area contributed by atoms with Crippen LogP contribution < -0.4 is 24.4 Å². The van der Waals surface area contributed by atoms with Crippen molar-refractivity contribution in [1.29, 1.82) is 0 Å². The van der Waals surface area contributed by atoms with Gasteiger partial charge < -0.3 is 51.8 Å². The first-order valence-electron chi connectivity index (χ1n) is 18.1. The van der Waals surface area contributed by atoms with E-state index in [4.69, 9.17) is 51.8 Å². The zero-order valence-electron chi connectivity index (χ0n) is 34.3. The predicted molar refractivity (Wildman–Crippen MR) is 207 cm³/mol. The molecule has 0 aliphatic heterocycles. The van der Waals surface area contributed by atoms with Crippen LogP contribution in [0.25, 0.3) is 16.5 Å². The van der Waals surface area contributed by atoms with Gasteiger partial charge in [0.15, 0.2) is 56.0 Å². The highest BCUT2D eigenvalue weighted by Gasteiger charge is 2.32. The van der Waals surface area contributed by atoms with Gasteiger partial charge in [-0.1, -0.05) is 26.8 Å². The number of ether oxygens (including phenoxy) is 10. The normalized spacial score (nSPS) is 13.0. The maximum atomic E-state index is 14.6. The van der Waals surface area contributed by atoms with Crippen LogP contribution in [-0.2, 0) is 39.6 Å². The number of benzene rings is 2. The van der Waals surface area contributed by atoms with Crippen molar-refractivity contribution in [1.82, 2.24) is 4.90 Å². The van der Waals surface area contributed by atoms with Crippen molar-refractivity contribution >= 4 is 34.3 Å². The first kappa shape index (κ1) is 44.7. The Morgan fingerprint density at radius 1 is 0.772 bits per heavy atom. The highest BCUT2D eigenvalue weighted by Crippen LogP contribution is 2.40. The summed E-state index contributed by atoms with van der Waals surface area (Å²) in [5, 5.41) is -0.222. The molecule has 16 nitrogen and oxygen atoms in total. The summed E-state index contributed by atoms with van der Waals surface area (Å²) < 4.78 is 60.5. The average Bonchev–Trinajstić information content (AvgIpc) is 3.13. The van der Waals surface area contributed by atoms with E-state index in [0.717, 1.165) is 6.26 Å². The molecule has 1 aliphatic carbocycles. The zero-order valence-corrected chi connectivity index (χ0v) is 34.3. The standard InChI is InChI=1S/C41H53NO15/c1-40(2,3)20-42(18-33(43)57-41(4,5)6)13-14-51-39(46)35-34-31(17-32(55-23-49-9)38(35)56-24-50-10)52-19-28(37(34)45)26-12-11-25-15-29(53-21-47-7)30(54-22-48-8)16-27(25)36(26)44/h12,15-17,19H,11,13-14,18,20-24H2,1-10H3. The molecular formula is C41H53NO15. The highest BCUT2D eigenvalue weighted by molar-refractivity contribution is 6.30. The van der Waals surface area contributed by atoms with Crippen molar-refractivity contribution in [3.05, 3.63) is 63.0 Å². The molecule has 0 amide bonds. The van der Waals surface area contributed by atoms with Gasteiger partial charge in [0, 0.05) is 58.7 Å². The molecule has 57 heavy (non-hydrogen) atoms. The lowest BCUT2D eigenvalue weighted by Crippen LogP contribution is -2.41. The van der Waals surface area contributed by atoms with Crippen LogP contribution in [0, 0.1) is 5.41 Å². The lowest BCUT2D eigenvalue weighted by molar-refractivity contribution is -0.156. The summed E-state index contributed by atoms with van der Waals surface area (Å²) in [4.78, 5) is 57.5. The number of hydrogen-bond donors (Lipinski definition) is 0.